The zero-order valence-electron chi connectivity index (χ0n) is 18.2. The van der Waals surface area contributed by atoms with Crippen LogP contribution in [0.5, 0.6) is 0 Å². The molecule has 162 valence electrons. The second-order valence-electron chi connectivity index (χ2n) is 8.16. The maximum absolute atomic E-state index is 13.2. The van der Waals surface area contributed by atoms with Gasteiger partial charge in [0, 0.05) is 29.5 Å². The number of nitrogens with zero attached hydrogens (tertiary/aromatic N) is 2. The molecular weight excluding hydrogens is 438 g/mol. The van der Waals surface area contributed by atoms with Crippen LogP contribution in [0.25, 0.3) is 20.8 Å². The average Bonchev–Trinajstić information content (AvgIpc) is 3.33. The Labute approximate surface area is 194 Å². The summed E-state index contributed by atoms with van der Waals surface area (Å²) in [5.74, 6) is -0.0432. The van der Waals surface area contributed by atoms with E-state index < -0.39 is 0 Å². The van der Waals surface area contributed by atoms with E-state index >= 15 is 0 Å². The Morgan fingerprint density at radius 1 is 1.09 bits per heavy atom. The molecule has 2 aromatic carbocycles. The Kier molecular flexibility index (Phi) is 5.31. The van der Waals surface area contributed by atoms with Gasteiger partial charge in [0.05, 0.1) is 16.8 Å². The summed E-state index contributed by atoms with van der Waals surface area (Å²) in [7, 11) is 0. The number of amides is 2. The molecule has 0 saturated heterocycles. The van der Waals surface area contributed by atoms with Crippen LogP contribution >= 0.6 is 22.7 Å². The topological polar surface area (TPSA) is 62.3 Å². The van der Waals surface area contributed by atoms with E-state index in [1.54, 1.807) is 29.6 Å². The van der Waals surface area contributed by atoms with E-state index in [9.17, 15) is 9.59 Å². The van der Waals surface area contributed by atoms with Gasteiger partial charge in [-0.05, 0) is 49.6 Å². The van der Waals surface area contributed by atoms with E-state index in [1.165, 1.54) is 5.56 Å². The summed E-state index contributed by atoms with van der Waals surface area (Å²) < 4.78 is 1.12. The van der Waals surface area contributed by atoms with E-state index in [2.05, 4.69) is 11.4 Å². The largest absolute Gasteiger partial charge is 0.337 e. The van der Waals surface area contributed by atoms with Gasteiger partial charge >= 0.3 is 0 Å². The number of rotatable bonds is 3. The summed E-state index contributed by atoms with van der Waals surface area (Å²) in [5, 5.41) is 4.90. The Hall–Kier alpha value is -3.03. The number of nitrogens with one attached hydrogen (secondary N) is 1. The number of hydrogen-bond acceptors (Lipinski definition) is 5. The lowest BCUT2D eigenvalue weighted by molar-refractivity contribution is -0.129. The van der Waals surface area contributed by atoms with Crippen LogP contribution in [0.3, 0.4) is 0 Å². The van der Waals surface area contributed by atoms with Gasteiger partial charge in [-0.25, -0.2) is 4.98 Å². The number of carbonyl (C=O) groups excluding carboxylic acids is 2. The minimum Gasteiger partial charge on any atom is -0.337 e. The summed E-state index contributed by atoms with van der Waals surface area (Å²) in [4.78, 5) is 33.0. The molecule has 5 nitrogen and oxygen atoms in total. The first kappa shape index (κ1) is 20.8. The van der Waals surface area contributed by atoms with Crippen LogP contribution < -0.4 is 5.32 Å². The molecule has 2 amide bonds. The lowest BCUT2D eigenvalue weighted by Crippen LogP contribution is -2.33. The van der Waals surface area contributed by atoms with Crippen LogP contribution in [0.4, 0.5) is 5.00 Å². The van der Waals surface area contributed by atoms with Crippen molar-refractivity contribution in [2.45, 2.75) is 33.7 Å². The molecule has 1 aliphatic heterocycles. The van der Waals surface area contributed by atoms with Crippen LogP contribution in [0, 0.1) is 13.8 Å². The molecule has 0 unspecified atom stereocenters. The Bertz CT molecular complexity index is 1340. The highest BCUT2D eigenvalue weighted by Crippen LogP contribution is 2.45. The standard InChI is InChI=1S/C25H23N3O2S2/c1-14-8-9-17(15(2)12-14)23(30)27-25-22(24-26-19-6-4-5-7-20(19)31-24)18-10-11-28(16(3)29)13-21(18)32-25/h4-9,12H,10-11,13H2,1-3H3,(H,27,30). The average molecular weight is 462 g/mol. The fourth-order valence-electron chi connectivity index (χ4n) is 4.20. The molecule has 4 aromatic rings. The predicted octanol–water partition coefficient (Wildman–Crippen LogP) is 5.80. The van der Waals surface area contributed by atoms with Crippen LogP contribution in [0.2, 0.25) is 0 Å². The van der Waals surface area contributed by atoms with Gasteiger partial charge in [0.25, 0.3) is 5.91 Å². The van der Waals surface area contributed by atoms with E-state index in [4.69, 9.17) is 4.98 Å². The first-order valence-corrected chi connectivity index (χ1v) is 12.2. The van der Waals surface area contributed by atoms with Gasteiger partial charge in [-0.2, -0.15) is 0 Å². The molecule has 0 atom stereocenters. The number of fused-ring (bicyclic) bond motifs is 2. The molecule has 0 aliphatic carbocycles. The molecule has 0 saturated carbocycles. The van der Waals surface area contributed by atoms with E-state index in [-0.39, 0.29) is 11.8 Å². The normalized spacial score (nSPS) is 13.3. The molecule has 3 heterocycles. The summed E-state index contributed by atoms with van der Waals surface area (Å²) in [6, 6.07) is 13.9. The van der Waals surface area contributed by atoms with Crippen LogP contribution in [0.15, 0.2) is 42.5 Å². The van der Waals surface area contributed by atoms with Gasteiger partial charge in [-0.1, -0.05) is 29.8 Å². The number of thiazole rings is 1. The van der Waals surface area contributed by atoms with Gasteiger partial charge in [0.2, 0.25) is 5.91 Å². The first-order chi connectivity index (χ1) is 15.4. The van der Waals surface area contributed by atoms with E-state index in [0.29, 0.717) is 18.7 Å². The van der Waals surface area contributed by atoms with Crippen LogP contribution in [-0.2, 0) is 17.8 Å². The van der Waals surface area contributed by atoms with Crippen molar-refractivity contribution >= 4 is 49.7 Å². The lowest BCUT2D eigenvalue weighted by Gasteiger charge is -2.26. The second kappa shape index (κ2) is 8.15. The maximum atomic E-state index is 13.2. The van der Waals surface area contributed by atoms with Gasteiger partial charge in [0.1, 0.15) is 10.0 Å². The minimum atomic E-state index is -0.119. The number of thiophene rings is 1. The highest BCUT2D eigenvalue weighted by molar-refractivity contribution is 7.23. The summed E-state index contributed by atoms with van der Waals surface area (Å²) in [6.07, 6.45) is 0.760. The Morgan fingerprint density at radius 2 is 1.91 bits per heavy atom. The number of carbonyl (C=O) groups is 2. The number of anilines is 1. The van der Waals surface area contributed by atoms with Crippen molar-refractivity contribution in [2.24, 2.45) is 0 Å². The second-order valence-corrected chi connectivity index (χ2v) is 10.3. The summed E-state index contributed by atoms with van der Waals surface area (Å²) in [6.45, 7) is 6.85. The molecule has 0 spiro atoms. The van der Waals surface area contributed by atoms with E-state index in [0.717, 1.165) is 48.2 Å². The molecule has 0 bridgehead atoms. The van der Waals surface area contributed by atoms with Crippen LogP contribution in [0.1, 0.15) is 38.8 Å². The zero-order chi connectivity index (χ0) is 22.4. The van der Waals surface area contributed by atoms with Crippen molar-refractivity contribution in [1.29, 1.82) is 0 Å². The van der Waals surface area contributed by atoms with Crippen molar-refractivity contribution in [1.82, 2.24) is 9.88 Å². The Balaban J connectivity index is 1.59. The van der Waals surface area contributed by atoms with Gasteiger partial charge in [-0.3, -0.25) is 9.59 Å². The molecular formula is C25H23N3O2S2. The monoisotopic (exact) mass is 461 g/mol. The third-order valence-electron chi connectivity index (χ3n) is 5.86. The van der Waals surface area contributed by atoms with Crippen molar-refractivity contribution in [3.63, 3.8) is 0 Å². The molecule has 0 radical (unpaired) electrons. The number of aromatic nitrogens is 1. The SMILES string of the molecule is CC(=O)N1CCc2c(sc(NC(=O)c3ccc(C)cc3C)c2-c2nc3ccccc3s2)C1. The molecule has 1 N–H and O–H groups in total. The molecule has 32 heavy (non-hydrogen) atoms. The van der Waals surface area contributed by atoms with Crippen molar-refractivity contribution in [3.05, 3.63) is 69.6 Å². The quantitative estimate of drug-likeness (QED) is 0.419. The van der Waals surface area contributed by atoms with E-state index in [1.807, 2.05) is 55.1 Å². The molecule has 1 aliphatic rings. The summed E-state index contributed by atoms with van der Waals surface area (Å²) in [5.41, 5.74) is 5.91. The minimum absolute atomic E-state index is 0.0754. The smallest absolute Gasteiger partial charge is 0.256 e. The van der Waals surface area contributed by atoms with Gasteiger partial charge in [0.15, 0.2) is 0 Å². The third-order valence-corrected chi connectivity index (χ3v) is 8.05. The molecule has 5 rings (SSSR count). The van der Waals surface area contributed by atoms with Gasteiger partial charge in [-0.15, -0.1) is 22.7 Å². The fraction of sp³-hybridized carbons (Fsp3) is 0.240. The molecule has 0 fully saturated rings. The third kappa shape index (κ3) is 3.72. The zero-order valence-corrected chi connectivity index (χ0v) is 19.8. The van der Waals surface area contributed by atoms with Crippen molar-refractivity contribution < 1.29 is 9.59 Å². The molecule has 7 heteroatoms. The van der Waals surface area contributed by atoms with Gasteiger partial charge < -0.3 is 10.2 Å². The number of benzene rings is 2. The summed E-state index contributed by atoms with van der Waals surface area (Å²) >= 11 is 3.20. The maximum Gasteiger partial charge on any atom is 0.256 e. The van der Waals surface area contributed by atoms with Crippen molar-refractivity contribution in [3.8, 4) is 10.6 Å². The number of aryl methyl sites for hydroxylation is 2. The fourth-order valence-corrected chi connectivity index (χ4v) is 6.57. The highest BCUT2D eigenvalue weighted by Gasteiger charge is 2.28. The molecule has 2 aromatic heterocycles. The Morgan fingerprint density at radius 3 is 2.66 bits per heavy atom. The number of para-hydroxylation sites is 1. The van der Waals surface area contributed by atoms with Crippen molar-refractivity contribution in [2.75, 3.05) is 11.9 Å². The first-order valence-electron chi connectivity index (χ1n) is 10.6. The van der Waals surface area contributed by atoms with Crippen LogP contribution in [-0.4, -0.2) is 28.2 Å². The predicted molar refractivity (Wildman–Crippen MR) is 132 cm³/mol. The lowest BCUT2D eigenvalue weighted by atomic mass is 10.0. The highest BCUT2D eigenvalue weighted by atomic mass is 32.1. The number of hydrogen-bond donors (Lipinski definition) is 1.